The van der Waals surface area contributed by atoms with E-state index in [2.05, 4.69) is 63.0 Å². The third-order valence-electron chi connectivity index (χ3n) is 3.37. The molecule has 122 valence electrons. The number of aliphatic imine (C=N–C) groups is 1. The lowest BCUT2D eigenvalue weighted by Gasteiger charge is -2.12. The Bertz CT molecular complexity index is 582. The van der Waals surface area contributed by atoms with E-state index in [-0.39, 0.29) is 24.0 Å². The molecular formula is C16H25IN4S. The molecule has 1 heterocycles. The molecule has 0 bridgehead atoms. The third-order valence-corrected chi connectivity index (χ3v) is 3.98. The van der Waals surface area contributed by atoms with Crippen molar-refractivity contribution < 1.29 is 0 Å². The number of hydrogen-bond acceptors (Lipinski definition) is 2. The van der Waals surface area contributed by atoms with Gasteiger partial charge in [0, 0.05) is 44.1 Å². The Morgan fingerprint density at radius 3 is 2.73 bits per heavy atom. The van der Waals surface area contributed by atoms with Crippen LogP contribution in [0, 0.1) is 0 Å². The average Bonchev–Trinajstić information content (AvgIpc) is 2.93. The van der Waals surface area contributed by atoms with Gasteiger partial charge >= 0.3 is 0 Å². The van der Waals surface area contributed by atoms with Gasteiger partial charge in [0.25, 0.3) is 0 Å². The van der Waals surface area contributed by atoms with Gasteiger partial charge in [-0.3, -0.25) is 4.99 Å². The van der Waals surface area contributed by atoms with Gasteiger partial charge in [0.05, 0.1) is 0 Å². The van der Waals surface area contributed by atoms with Gasteiger partial charge in [0.2, 0.25) is 0 Å². The van der Waals surface area contributed by atoms with Gasteiger partial charge in [-0.05, 0) is 30.2 Å². The molecule has 0 fully saturated rings. The van der Waals surface area contributed by atoms with Crippen molar-refractivity contribution in [2.75, 3.05) is 32.1 Å². The minimum Gasteiger partial charge on any atom is -0.356 e. The topological polar surface area (TPSA) is 41.4 Å². The lowest BCUT2D eigenvalue weighted by Crippen LogP contribution is -2.39. The molecule has 2 aromatic rings. The van der Waals surface area contributed by atoms with E-state index in [1.807, 2.05) is 18.8 Å². The number of aromatic nitrogens is 1. The zero-order valence-electron chi connectivity index (χ0n) is 13.2. The molecule has 0 aliphatic heterocycles. The van der Waals surface area contributed by atoms with Gasteiger partial charge in [-0.25, -0.2) is 0 Å². The monoisotopic (exact) mass is 432 g/mol. The smallest absolute Gasteiger partial charge is 0.191 e. The molecule has 0 unspecified atom stereocenters. The van der Waals surface area contributed by atoms with Crippen LogP contribution < -0.4 is 10.6 Å². The van der Waals surface area contributed by atoms with Gasteiger partial charge in [0.1, 0.15) is 0 Å². The van der Waals surface area contributed by atoms with Gasteiger partial charge < -0.3 is 15.2 Å². The second kappa shape index (κ2) is 10.8. The lowest BCUT2D eigenvalue weighted by atomic mass is 10.2. The molecule has 1 aromatic carbocycles. The summed E-state index contributed by atoms with van der Waals surface area (Å²) in [6.07, 6.45) is 5.34. The second-order valence-electron chi connectivity index (χ2n) is 4.84. The summed E-state index contributed by atoms with van der Waals surface area (Å²) in [6.45, 7) is 2.89. The van der Waals surface area contributed by atoms with E-state index in [0.29, 0.717) is 0 Å². The highest BCUT2D eigenvalue weighted by Gasteiger charge is 2.00. The number of fused-ring (bicyclic) bond motifs is 1. The number of halogens is 1. The lowest BCUT2D eigenvalue weighted by molar-refractivity contribution is 0.642. The van der Waals surface area contributed by atoms with Gasteiger partial charge in [0.15, 0.2) is 5.96 Å². The van der Waals surface area contributed by atoms with Crippen LogP contribution in [0.25, 0.3) is 10.9 Å². The molecule has 0 aliphatic carbocycles. The number of benzene rings is 1. The second-order valence-corrected chi connectivity index (χ2v) is 5.83. The Morgan fingerprint density at radius 2 is 1.95 bits per heavy atom. The first-order chi connectivity index (χ1) is 10.3. The van der Waals surface area contributed by atoms with Crippen molar-refractivity contribution >= 4 is 52.6 Å². The third kappa shape index (κ3) is 5.72. The molecule has 0 spiro atoms. The quantitative estimate of drug-likeness (QED) is 0.306. The summed E-state index contributed by atoms with van der Waals surface area (Å²) in [4.78, 5) is 4.22. The number of thioether (sulfide) groups is 1. The Hall–Kier alpha value is -0.890. The molecule has 2 N–H and O–H groups in total. The minimum absolute atomic E-state index is 0. The first kappa shape index (κ1) is 19.2. The summed E-state index contributed by atoms with van der Waals surface area (Å²) in [5.41, 5.74) is 1.31. The van der Waals surface area contributed by atoms with Crippen LogP contribution in [0.5, 0.6) is 0 Å². The van der Waals surface area contributed by atoms with E-state index in [1.165, 1.54) is 10.9 Å². The fraction of sp³-hybridized carbons (Fsp3) is 0.438. The maximum atomic E-state index is 4.22. The SMILES string of the molecule is CN=C(NCCCn1ccc2ccccc21)NCCSC.I. The summed E-state index contributed by atoms with van der Waals surface area (Å²) >= 11 is 1.83. The predicted molar refractivity (Wildman–Crippen MR) is 110 cm³/mol. The van der Waals surface area contributed by atoms with Crippen molar-refractivity contribution in [3.63, 3.8) is 0 Å². The van der Waals surface area contributed by atoms with E-state index < -0.39 is 0 Å². The normalized spacial score (nSPS) is 11.3. The van der Waals surface area contributed by atoms with Crippen molar-refractivity contribution in [1.82, 2.24) is 15.2 Å². The van der Waals surface area contributed by atoms with E-state index in [1.54, 1.807) is 0 Å². The summed E-state index contributed by atoms with van der Waals surface area (Å²) in [6, 6.07) is 10.7. The Labute approximate surface area is 154 Å². The zero-order chi connectivity index (χ0) is 14.9. The van der Waals surface area contributed by atoms with Crippen molar-refractivity contribution in [2.45, 2.75) is 13.0 Å². The molecule has 2 rings (SSSR count). The summed E-state index contributed by atoms with van der Waals surface area (Å²) < 4.78 is 2.31. The van der Waals surface area contributed by atoms with Gasteiger partial charge in [-0.15, -0.1) is 24.0 Å². The fourth-order valence-electron chi connectivity index (χ4n) is 2.28. The van der Waals surface area contributed by atoms with Crippen LogP contribution in [0.3, 0.4) is 0 Å². The maximum Gasteiger partial charge on any atom is 0.191 e. The van der Waals surface area contributed by atoms with Crippen LogP contribution in [0.1, 0.15) is 6.42 Å². The molecule has 0 atom stereocenters. The van der Waals surface area contributed by atoms with E-state index in [4.69, 9.17) is 0 Å². The number of nitrogens with one attached hydrogen (secondary N) is 2. The van der Waals surface area contributed by atoms with Crippen molar-refractivity contribution in [3.05, 3.63) is 36.5 Å². The number of aryl methyl sites for hydroxylation is 1. The van der Waals surface area contributed by atoms with Gasteiger partial charge in [-0.2, -0.15) is 11.8 Å². The molecule has 0 amide bonds. The number of nitrogens with zero attached hydrogens (tertiary/aromatic N) is 2. The van der Waals surface area contributed by atoms with Crippen LogP contribution in [-0.4, -0.2) is 42.7 Å². The van der Waals surface area contributed by atoms with Gasteiger partial charge in [-0.1, -0.05) is 18.2 Å². The Kier molecular flexibility index (Phi) is 9.38. The Morgan fingerprint density at radius 1 is 1.18 bits per heavy atom. The van der Waals surface area contributed by atoms with Crippen LogP contribution in [0.4, 0.5) is 0 Å². The fourth-order valence-corrected chi connectivity index (χ4v) is 2.59. The van der Waals surface area contributed by atoms with Crippen LogP contribution in [-0.2, 0) is 6.54 Å². The number of guanidine groups is 1. The molecule has 0 saturated carbocycles. The molecule has 4 nitrogen and oxygen atoms in total. The molecule has 6 heteroatoms. The van der Waals surface area contributed by atoms with E-state index in [0.717, 1.165) is 37.8 Å². The largest absolute Gasteiger partial charge is 0.356 e. The first-order valence-electron chi connectivity index (χ1n) is 7.32. The van der Waals surface area contributed by atoms with Crippen molar-refractivity contribution in [2.24, 2.45) is 4.99 Å². The molecule has 22 heavy (non-hydrogen) atoms. The molecule has 1 aromatic heterocycles. The summed E-state index contributed by atoms with van der Waals surface area (Å²) in [5, 5.41) is 7.97. The first-order valence-corrected chi connectivity index (χ1v) is 8.72. The van der Waals surface area contributed by atoms with Crippen molar-refractivity contribution in [1.29, 1.82) is 0 Å². The highest BCUT2D eigenvalue weighted by Crippen LogP contribution is 2.15. The summed E-state index contributed by atoms with van der Waals surface area (Å²) in [7, 11) is 1.81. The average molecular weight is 432 g/mol. The van der Waals surface area contributed by atoms with Crippen LogP contribution in [0.15, 0.2) is 41.5 Å². The van der Waals surface area contributed by atoms with E-state index >= 15 is 0 Å². The predicted octanol–water partition coefficient (Wildman–Crippen LogP) is 3.18. The molecule has 0 radical (unpaired) electrons. The number of hydrogen-bond donors (Lipinski definition) is 2. The standard InChI is InChI=1S/C16H24N4S.HI/c1-17-16(19-10-13-21-2)18-9-5-11-20-12-8-14-6-3-4-7-15(14)20;/h3-4,6-8,12H,5,9-11,13H2,1-2H3,(H2,17,18,19);1H. The molecule has 0 saturated heterocycles. The maximum absolute atomic E-state index is 4.22. The van der Waals surface area contributed by atoms with Crippen LogP contribution >= 0.6 is 35.7 Å². The highest BCUT2D eigenvalue weighted by atomic mass is 127. The molecular weight excluding hydrogens is 407 g/mol. The number of para-hydroxylation sites is 1. The zero-order valence-corrected chi connectivity index (χ0v) is 16.4. The highest BCUT2D eigenvalue weighted by molar-refractivity contribution is 14.0. The minimum atomic E-state index is 0. The Balaban J connectivity index is 0.00000242. The van der Waals surface area contributed by atoms with E-state index in [9.17, 15) is 0 Å². The number of rotatable bonds is 7. The van der Waals surface area contributed by atoms with Crippen molar-refractivity contribution in [3.8, 4) is 0 Å². The molecule has 0 aliphatic rings. The van der Waals surface area contributed by atoms with Crippen LogP contribution in [0.2, 0.25) is 0 Å². The summed E-state index contributed by atoms with van der Waals surface area (Å²) in [5.74, 6) is 1.98.